The summed E-state index contributed by atoms with van der Waals surface area (Å²) < 4.78 is 11.1. The lowest BCUT2D eigenvalue weighted by atomic mass is 9.80. The molecular weight excluding hydrogens is 1670 g/mol. The van der Waals surface area contributed by atoms with Gasteiger partial charge in [-0.2, -0.15) is 0 Å². The minimum Gasteiger partial charge on any atom is -0.135 e. The lowest BCUT2D eigenvalue weighted by molar-refractivity contribution is 0.655. The Morgan fingerprint density at radius 1 is 0.159 bits per heavy atom. The van der Waals surface area contributed by atoms with Crippen molar-refractivity contribution in [3.8, 4) is 33.4 Å². The Hall–Kier alpha value is -13.2. The molecule has 0 aliphatic heterocycles. The van der Waals surface area contributed by atoms with E-state index in [0.717, 1.165) is 0 Å². The van der Waals surface area contributed by atoms with Crippen LogP contribution in [0.25, 0.3) is 114 Å². The summed E-state index contributed by atoms with van der Waals surface area (Å²) in [5.41, 5.74) is 32.5. The van der Waals surface area contributed by atoms with Gasteiger partial charge in [0.05, 0.1) is 0 Å². The van der Waals surface area contributed by atoms with Crippen LogP contribution in [0, 0.1) is 76.2 Å². The molecule has 4 aromatic heterocycles. The van der Waals surface area contributed by atoms with Crippen LogP contribution in [0.3, 0.4) is 0 Å². The maximum atomic E-state index is 2.33. The first-order chi connectivity index (χ1) is 63.8. The van der Waals surface area contributed by atoms with Crippen molar-refractivity contribution in [1.29, 1.82) is 0 Å². The first-order valence-corrected chi connectivity index (χ1v) is 49.3. The van der Waals surface area contributed by atoms with Crippen LogP contribution in [0.15, 0.2) is 419 Å². The standard InChI is InChI=1S/3C16H16.4C13H10S.4C7H8/c1-11-7-6-9-13-12-8-4-5-10-14(12)16(2,3)15(11)13;1-11-8-9-15-13(10-11)12-6-4-5-7-14(12)16(15,2)3;1-11-8-9-13-12-6-4-5-7-14(12)16(2,3)15(13)10-11;1-9-5-4-7-11-10-6-2-3-8-12(10)14-13(9)11;1-9-5-4-8-12-13(9)10-6-2-3-7-11(10)14-12;1-9-6-7-13-11(8-9)10-4-2-3-5-12(10)14-13;1-9-6-7-11-10-4-2-3-5-12(10)14-13(11)8-9;4*1-7-5-3-2-4-6-7/h3*4-10H,1-3H3;4*2-8H,1H3;4*2-6H,1H3. The van der Waals surface area contributed by atoms with Gasteiger partial charge in [-0.1, -0.05) is 451 Å². The fraction of sp³-hybridized carbons (Fsp3) is 0.156. The smallest absolute Gasteiger partial charge is 0.0384 e. The van der Waals surface area contributed by atoms with Crippen molar-refractivity contribution in [3.63, 3.8) is 0 Å². The van der Waals surface area contributed by atoms with E-state index in [1.807, 2.05) is 118 Å². The zero-order valence-corrected chi connectivity index (χ0v) is 82.7. The Morgan fingerprint density at radius 2 is 0.477 bits per heavy atom. The molecule has 25 rings (SSSR count). The molecule has 132 heavy (non-hydrogen) atoms. The summed E-state index contributed by atoms with van der Waals surface area (Å²) in [5.74, 6) is 0. The molecule has 0 atom stereocenters. The summed E-state index contributed by atoms with van der Waals surface area (Å²) in [5, 5.41) is 11.1. The van der Waals surface area contributed by atoms with Gasteiger partial charge in [0, 0.05) is 96.9 Å². The highest BCUT2D eigenvalue weighted by Crippen LogP contribution is 2.52. The van der Waals surface area contributed by atoms with E-state index in [1.165, 1.54) is 209 Å². The lowest BCUT2D eigenvalue weighted by Crippen LogP contribution is -2.16. The van der Waals surface area contributed by atoms with Crippen molar-refractivity contribution < 1.29 is 0 Å². The Labute approximate surface area is 800 Å². The fourth-order valence-electron chi connectivity index (χ4n) is 18.4. The van der Waals surface area contributed by atoms with Crippen LogP contribution < -0.4 is 0 Å². The van der Waals surface area contributed by atoms with Crippen molar-refractivity contribution >= 4 is 126 Å². The SMILES string of the molecule is Cc1ccc2c(c1)-c1ccccc1C2(C)C.Cc1ccc2c(c1)C(C)(C)c1ccccc1-2.Cc1ccc2c(c1)sc1ccccc12.Cc1ccc2sc3ccccc3c2c1.Cc1cccc2c1C(C)(C)c1ccccc1-2.Cc1cccc2c1sc1ccccc12.Cc1cccc2sc3ccccc3c12.Cc1ccccc1.Cc1ccccc1.Cc1ccccc1.Cc1ccccc1. The number of rotatable bonds is 0. The molecule has 22 aromatic rings. The number of hydrogen-bond acceptors (Lipinski definition) is 4. The molecule has 0 amide bonds. The highest BCUT2D eigenvalue weighted by Gasteiger charge is 2.38. The average Bonchev–Trinajstić information content (AvgIpc) is 1.60. The molecule has 3 aliphatic carbocycles. The van der Waals surface area contributed by atoms with Crippen LogP contribution in [0.5, 0.6) is 0 Å². The van der Waals surface area contributed by atoms with E-state index in [2.05, 4.69) is 463 Å². The molecule has 0 fully saturated rings. The number of fused-ring (bicyclic) bond motifs is 21. The zero-order valence-electron chi connectivity index (χ0n) is 79.5. The van der Waals surface area contributed by atoms with Gasteiger partial charge in [0.25, 0.3) is 0 Å². The molecule has 0 N–H and O–H groups in total. The van der Waals surface area contributed by atoms with Gasteiger partial charge >= 0.3 is 0 Å². The summed E-state index contributed by atoms with van der Waals surface area (Å²) in [6.45, 7) is 37.4. The van der Waals surface area contributed by atoms with Crippen LogP contribution in [-0.2, 0) is 16.2 Å². The Bertz CT molecular complexity index is 7470. The predicted octanol–water partition coefficient (Wildman–Crippen LogP) is 38.3. The van der Waals surface area contributed by atoms with E-state index in [1.54, 1.807) is 0 Å². The second kappa shape index (κ2) is 42.4. The van der Waals surface area contributed by atoms with Crippen molar-refractivity contribution in [2.24, 2.45) is 0 Å². The molecule has 0 saturated heterocycles. The third-order valence-corrected chi connectivity index (χ3v) is 30.1. The van der Waals surface area contributed by atoms with Crippen molar-refractivity contribution in [3.05, 3.63) is 513 Å². The van der Waals surface area contributed by atoms with Gasteiger partial charge < -0.3 is 0 Å². The third-order valence-electron chi connectivity index (χ3n) is 25.3. The second-order valence-corrected chi connectivity index (χ2v) is 40.8. The van der Waals surface area contributed by atoms with E-state index in [4.69, 9.17) is 0 Å². The predicted molar refractivity (Wildman–Crippen MR) is 587 cm³/mol. The van der Waals surface area contributed by atoms with Gasteiger partial charge in [-0.15, -0.1) is 45.3 Å². The number of benzene rings is 18. The van der Waals surface area contributed by atoms with Crippen LogP contribution in [0.4, 0.5) is 0 Å². The fourth-order valence-corrected chi connectivity index (χ4v) is 23.1. The van der Waals surface area contributed by atoms with Gasteiger partial charge in [0.1, 0.15) is 0 Å². The zero-order chi connectivity index (χ0) is 92.6. The van der Waals surface area contributed by atoms with Crippen molar-refractivity contribution in [2.75, 3.05) is 0 Å². The Morgan fingerprint density at radius 3 is 1.02 bits per heavy atom. The maximum Gasteiger partial charge on any atom is 0.0384 e. The molecular formula is C128H120S4. The lowest BCUT2D eigenvalue weighted by Gasteiger charge is -2.23. The van der Waals surface area contributed by atoms with Gasteiger partial charge in [0.2, 0.25) is 0 Å². The molecule has 0 nitrogen and oxygen atoms in total. The van der Waals surface area contributed by atoms with Crippen LogP contribution in [0.2, 0.25) is 0 Å². The first-order valence-electron chi connectivity index (χ1n) is 46.0. The third kappa shape index (κ3) is 21.5. The molecule has 3 aliphatic rings. The number of hydrogen-bond donors (Lipinski definition) is 0. The minimum atomic E-state index is 0.150. The highest BCUT2D eigenvalue weighted by molar-refractivity contribution is 7.27. The summed E-state index contributed by atoms with van der Waals surface area (Å²) in [6, 6.07) is 148. The number of thiophene rings is 4. The maximum absolute atomic E-state index is 2.33. The molecule has 4 heteroatoms. The van der Waals surface area contributed by atoms with Gasteiger partial charge in [-0.05, 0) is 214 Å². The summed E-state index contributed by atoms with van der Waals surface area (Å²) >= 11 is 7.51. The Balaban J connectivity index is 0.000000112. The topological polar surface area (TPSA) is 0 Å². The summed E-state index contributed by atoms with van der Waals surface area (Å²) in [4.78, 5) is 0. The van der Waals surface area contributed by atoms with E-state index < -0.39 is 0 Å². The quantitative estimate of drug-likeness (QED) is 0.142. The summed E-state index contributed by atoms with van der Waals surface area (Å²) in [6.07, 6.45) is 0. The molecule has 0 saturated carbocycles. The second-order valence-electron chi connectivity index (χ2n) is 36.5. The van der Waals surface area contributed by atoms with Gasteiger partial charge in [-0.25, -0.2) is 0 Å². The van der Waals surface area contributed by atoms with Gasteiger partial charge in [0.15, 0.2) is 0 Å². The minimum absolute atomic E-state index is 0.150. The molecule has 0 unspecified atom stereocenters. The van der Waals surface area contributed by atoms with E-state index >= 15 is 0 Å². The normalized spacial score (nSPS) is 12.3. The largest absolute Gasteiger partial charge is 0.135 e. The monoisotopic (exact) mass is 1780 g/mol. The van der Waals surface area contributed by atoms with Gasteiger partial charge in [-0.3, -0.25) is 0 Å². The van der Waals surface area contributed by atoms with Crippen molar-refractivity contribution in [1.82, 2.24) is 0 Å². The molecule has 4 heterocycles. The van der Waals surface area contributed by atoms with Crippen LogP contribution in [0.1, 0.15) is 136 Å². The highest BCUT2D eigenvalue weighted by atomic mass is 32.1. The molecule has 0 radical (unpaired) electrons. The van der Waals surface area contributed by atoms with Crippen molar-refractivity contribution in [2.45, 2.75) is 134 Å². The van der Waals surface area contributed by atoms with E-state index in [9.17, 15) is 0 Å². The Kier molecular flexibility index (Phi) is 30.0. The van der Waals surface area contributed by atoms with E-state index in [0.29, 0.717) is 0 Å². The first kappa shape index (κ1) is 93.5. The van der Waals surface area contributed by atoms with Crippen LogP contribution in [-0.4, -0.2) is 0 Å². The molecule has 656 valence electrons. The summed E-state index contributed by atoms with van der Waals surface area (Å²) in [7, 11) is 0. The molecule has 18 aromatic carbocycles. The number of aryl methyl sites for hydroxylation is 11. The average molecular weight is 1790 g/mol. The molecule has 0 spiro atoms. The van der Waals surface area contributed by atoms with Crippen LogP contribution >= 0.6 is 45.3 Å². The molecule has 0 bridgehead atoms. The van der Waals surface area contributed by atoms with E-state index in [-0.39, 0.29) is 16.2 Å².